The van der Waals surface area contributed by atoms with E-state index in [-0.39, 0.29) is 0 Å². The van der Waals surface area contributed by atoms with Crippen molar-refractivity contribution >= 4 is 11.6 Å². The van der Waals surface area contributed by atoms with Gasteiger partial charge in [-0.1, -0.05) is 17.7 Å². The maximum atomic E-state index is 5.92. The minimum Gasteiger partial charge on any atom is -0.444 e. The Morgan fingerprint density at radius 3 is 3.11 bits per heavy atom. The number of oxazole rings is 1. The molecule has 18 heavy (non-hydrogen) atoms. The maximum Gasteiger partial charge on any atom is 0.226 e. The van der Waals surface area contributed by atoms with Gasteiger partial charge in [-0.05, 0) is 18.2 Å². The van der Waals surface area contributed by atoms with Crippen LogP contribution in [0.3, 0.4) is 0 Å². The molecule has 0 bridgehead atoms. The van der Waals surface area contributed by atoms with Crippen molar-refractivity contribution in [3.05, 3.63) is 41.2 Å². The van der Waals surface area contributed by atoms with Gasteiger partial charge in [0.15, 0.2) is 0 Å². The van der Waals surface area contributed by atoms with Crippen LogP contribution in [0.5, 0.6) is 0 Å². The number of rotatable bonds is 6. The number of nitrogens with zero attached hydrogens (tertiary/aromatic N) is 1. The Morgan fingerprint density at radius 1 is 1.44 bits per heavy atom. The van der Waals surface area contributed by atoms with E-state index in [1.807, 2.05) is 24.3 Å². The van der Waals surface area contributed by atoms with Gasteiger partial charge in [-0.3, -0.25) is 0 Å². The Morgan fingerprint density at radius 2 is 2.33 bits per heavy atom. The molecule has 1 N–H and O–H groups in total. The van der Waals surface area contributed by atoms with Crippen LogP contribution in [0.15, 0.2) is 34.9 Å². The molecule has 0 spiro atoms. The van der Waals surface area contributed by atoms with Crippen LogP contribution in [0.1, 0.15) is 5.69 Å². The fourth-order valence-electron chi connectivity index (χ4n) is 1.53. The van der Waals surface area contributed by atoms with Gasteiger partial charge in [0.05, 0.1) is 12.3 Å². The predicted molar refractivity (Wildman–Crippen MR) is 70.5 cm³/mol. The molecule has 0 unspecified atom stereocenters. The van der Waals surface area contributed by atoms with Crippen LogP contribution in [0.2, 0.25) is 5.02 Å². The van der Waals surface area contributed by atoms with Crippen molar-refractivity contribution in [1.82, 2.24) is 10.3 Å². The lowest BCUT2D eigenvalue weighted by molar-refractivity contribution is 0.199. The van der Waals surface area contributed by atoms with Crippen molar-refractivity contribution in [2.45, 2.75) is 6.54 Å². The van der Waals surface area contributed by atoms with Gasteiger partial charge in [0.2, 0.25) is 5.89 Å². The van der Waals surface area contributed by atoms with Crippen LogP contribution >= 0.6 is 11.6 Å². The van der Waals surface area contributed by atoms with Crippen molar-refractivity contribution in [3.63, 3.8) is 0 Å². The molecule has 0 saturated carbocycles. The van der Waals surface area contributed by atoms with Gasteiger partial charge in [0.1, 0.15) is 6.26 Å². The molecule has 1 aromatic heterocycles. The number of halogens is 1. The first-order chi connectivity index (χ1) is 8.79. The summed E-state index contributed by atoms with van der Waals surface area (Å²) in [6.07, 6.45) is 1.65. The largest absolute Gasteiger partial charge is 0.444 e. The van der Waals surface area contributed by atoms with Crippen LogP contribution in [0.4, 0.5) is 0 Å². The minimum absolute atomic E-state index is 0.584. The standard InChI is InChI=1S/C13H15ClN2O2/c1-17-6-5-15-8-12-9-18-13(16-12)10-3-2-4-11(14)7-10/h2-4,7,9,15H,5-6,8H2,1H3. The van der Waals surface area contributed by atoms with E-state index in [9.17, 15) is 0 Å². The summed E-state index contributed by atoms with van der Waals surface area (Å²) < 4.78 is 10.4. The average molecular weight is 267 g/mol. The van der Waals surface area contributed by atoms with Crippen molar-refractivity contribution < 1.29 is 9.15 Å². The molecule has 2 rings (SSSR count). The van der Waals surface area contributed by atoms with E-state index in [0.717, 1.165) is 17.8 Å². The van der Waals surface area contributed by atoms with E-state index in [1.165, 1.54) is 0 Å². The molecule has 1 aromatic carbocycles. The van der Waals surface area contributed by atoms with Crippen LogP contribution in [0, 0.1) is 0 Å². The van der Waals surface area contributed by atoms with Crippen LogP contribution in [-0.2, 0) is 11.3 Å². The quantitative estimate of drug-likeness (QED) is 0.817. The van der Waals surface area contributed by atoms with Crippen LogP contribution in [0.25, 0.3) is 11.5 Å². The third-order valence-corrected chi connectivity index (χ3v) is 2.65. The normalized spacial score (nSPS) is 10.8. The highest BCUT2D eigenvalue weighted by atomic mass is 35.5. The lowest BCUT2D eigenvalue weighted by Gasteiger charge is -1.99. The molecular formula is C13H15ClN2O2. The number of methoxy groups -OCH3 is 1. The third kappa shape index (κ3) is 3.57. The molecule has 0 aliphatic heterocycles. The lowest BCUT2D eigenvalue weighted by Crippen LogP contribution is -2.18. The van der Waals surface area contributed by atoms with Crippen molar-refractivity contribution in [3.8, 4) is 11.5 Å². The maximum absolute atomic E-state index is 5.92. The van der Waals surface area contributed by atoms with Crippen molar-refractivity contribution in [1.29, 1.82) is 0 Å². The highest BCUT2D eigenvalue weighted by Gasteiger charge is 2.06. The zero-order chi connectivity index (χ0) is 12.8. The molecule has 0 atom stereocenters. The molecule has 5 heteroatoms. The second kappa shape index (κ2) is 6.54. The van der Waals surface area contributed by atoms with Crippen molar-refractivity contribution in [2.75, 3.05) is 20.3 Å². The zero-order valence-electron chi connectivity index (χ0n) is 10.1. The second-order valence-electron chi connectivity index (χ2n) is 3.82. The highest BCUT2D eigenvalue weighted by molar-refractivity contribution is 6.30. The summed E-state index contributed by atoms with van der Waals surface area (Å²) in [6, 6.07) is 7.44. The number of nitrogens with one attached hydrogen (secondary N) is 1. The monoisotopic (exact) mass is 266 g/mol. The topological polar surface area (TPSA) is 47.3 Å². The Kier molecular flexibility index (Phi) is 4.75. The lowest BCUT2D eigenvalue weighted by atomic mass is 10.2. The van der Waals surface area contributed by atoms with E-state index in [2.05, 4.69) is 10.3 Å². The van der Waals surface area contributed by atoms with Crippen LogP contribution < -0.4 is 5.32 Å². The van der Waals surface area contributed by atoms with Crippen molar-refractivity contribution in [2.24, 2.45) is 0 Å². The fourth-order valence-corrected chi connectivity index (χ4v) is 1.72. The molecular weight excluding hydrogens is 252 g/mol. The van der Waals surface area contributed by atoms with Gasteiger partial charge in [-0.25, -0.2) is 4.98 Å². The first-order valence-electron chi connectivity index (χ1n) is 5.69. The van der Waals surface area contributed by atoms with E-state index in [4.69, 9.17) is 20.8 Å². The van der Waals surface area contributed by atoms with Gasteiger partial charge in [-0.15, -0.1) is 0 Å². The van der Waals surface area contributed by atoms with E-state index >= 15 is 0 Å². The number of hydrogen-bond acceptors (Lipinski definition) is 4. The van der Waals surface area contributed by atoms with Gasteiger partial charge >= 0.3 is 0 Å². The molecule has 4 nitrogen and oxygen atoms in total. The molecule has 2 aromatic rings. The number of benzene rings is 1. The number of ether oxygens (including phenoxy) is 1. The number of aromatic nitrogens is 1. The summed E-state index contributed by atoms with van der Waals surface area (Å²) in [5.74, 6) is 0.584. The average Bonchev–Trinajstić information content (AvgIpc) is 2.83. The van der Waals surface area contributed by atoms with Gasteiger partial charge in [-0.2, -0.15) is 0 Å². The van der Waals surface area contributed by atoms with E-state index in [0.29, 0.717) is 24.1 Å². The predicted octanol–water partition coefficient (Wildman–Crippen LogP) is 2.73. The highest BCUT2D eigenvalue weighted by Crippen LogP contribution is 2.21. The zero-order valence-corrected chi connectivity index (χ0v) is 10.9. The Bertz CT molecular complexity index is 499. The van der Waals surface area contributed by atoms with Gasteiger partial charge < -0.3 is 14.5 Å². The Balaban J connectivity index is 1.97. The van der Waals surface area contributed by atoms with Gasteiger partial charge in [0.25, 0.3) is 0 Å². The summed E-state index contributed by atoms with van der Waals surface area (Å²) in [7, 11) is 1.68. The third-order valence-electron chi connectivity index (χ3n) is 2.41. The minimum atomic E-state index is 0.584. The summed E-state index contributed by atoms with van der Waals surface area (Å²) >= 11 is 5.92. The molecule has 0 aliphatic carbocycles. The first-order valence-corrected chi connectivity index (χ1v) is 6.07. The van der Waals surface area contributed by atoms with E-state index in [1.54, 1.807) is 13.4 Å². The van der Waals surface area contributed by atoms with Gasteiger partial charge in [0, 0.05) is 30.8 Å². The summed E-state index contributed by atoms with van der Waals surface area (Å²) in [4.78, 5) is 4.39. The molecule has 0 saturated heterocycles. The Hall–Kier alpha value is -1.36. The van der Waals surface area contributed by atoms with E-state index < -0.39 is 0 Å². The molecule has 0 radical (unpaired) electrons. The summed E-state index contributed by atoms with van der Waals surface area (Å²) in [6.45, 7) is 2.13. The van der Waals surface area contributed by atoms with Crippen LogP contribution in [-0.4, -0.2) is 25.2 Å². The molecule has 0 aliphatic rings. The smallest absolute Gasteiger partial charge is 0.226 e. The molecule has 0 amide bonds. The SMILES string of the molecule is COCCNCc1coc(-c2cccc(Cl)c2)n1. The molecule has 96 valence electrons. The second-order valence-corrected chi connectivity index (χ2v) is 4.26. The Labute approximate surface area is 111 Å². The first kappa shape index (κ1) is 13.1. The summed E-state index contributed by atoms with van der Waals surface area (Å²) in [5, 5.41) is 3.88. The molecule has 0 fully saturated rings. The molecule has 1 heterocycles. The number of hydrogen-bond donors (Lipinski definition) is 1. The fraction of sp³-hybridized carbons (Fsp3) is 0.308. The summed E-state index contributed by atoms with van der Waals surface area (Å²) in [5.41, 5.74) is 1.74.